The summed E-state index contributed by atoms with van der Waals surface area (Å²) in [6.07, 6.45) is 48.5. The molecule has 0 amide bonds. The van der Waals surface area contributed by atoms with Crippen LogP contribution in [-0.4, -0.2) is 37.2 Å². The normalized spacial score (nSPS) is 11.8. The zero-order valence-electron chi connectivity index (χ0n) is 37.9. The molecule has 0 rings (SSSR count). The maximum Gasteiger partial charge on any atom is 0.306 e. The third kappa shape index (κ3) is 43.5. The Hall–Kier alpha value is -1.59. The van der Waals surface area contributed by atoms with Crippen LogP contribution in [0.25, 0.3) is 0 Å². The van der Waals surface area contributed by atoms with Crippen molar-refractivity contribution in [3.8, 4) is 0 Å². The number of carbonyl (C=O) groups is 3. The van der Waals surface area contributed by atoms with E-state index < -0.39 is 6.10 Å². The summed E-state index contributed by atoms with van der Waals surface area (Å²) in [5.41, 5.74) is 0. The Morgan fingerprint density at radius 2 is 0.482 bits per heavy atom. The minimum atomic E-state index is -0.756. The smallest absolute Gasteiger partial charge is 0.306 e. The second kappa shape index (κ2) is 46.1. The van der Waals surface area contributed by atoms with Gasteiger partial charge in [0.25, 0.3) is 0 Å². The first kappa shape index (κ1) is 54.4. The largest absolute Gasteiger partial charge is 0.462 e. The summed E-state index contributed by atoms with van der Waals surface area (Å²) < 4.78 is 16.6. The van der Waals surface area contributed by atoms with Crippen LogP contribution in [0.4, 0.5) is 0 Å². The van der Waals surface area contributed by atoms with Crippen LogP contribution < -0.4 is 0 Å². The predicted molar refractivity (Wildman–Crippen MR) is 238 cm³/mol. The van der Waals surface area contributed by atoms with Crippen molar-refractivity contribution in [2.45, 2.75) is 290 Å². The summed E-state index contributed by atoms with van der Waals surface area (Å²) in [7, 11) is 0. The van der Waals surface area contributed by atoms with E-state index in [-0.39, 0.29) is 31.1 Å². The summed E-state index contributed by atoms with van der Waals surface area (Å²) in [4.78, 5) is 37.5. The van der Waals surface area contributed by atoms with Crippen molar-refractivity contribution in [3.63, 3.8) is 0 Å². The molecule has 0 N–H and O–H groups in total. The third-order valence-electron chi connectivity index (χ3n) is 11.4. The molecule has 0 fully saturated rings. The van der Waals surface area contributed by atoms with Crippen LogP contribution in [0.2, 0.25) is 0 Å². The second-order valence-corrected chi connectivity index (χ2v) is 17.1. The van der Waals surface area contributed by atoms with E-state index >= 15 is 0 Å². The summed E-state index contributed by atoms with van der Waals surface area (Å²) in [6.45, 7) is 6.58. The van der Waals surface area contributed by atoms with Crippen molar-refractivity contribution in [1.82, 2.24) is 0 Å². The highest BCUT2D eigenvalue weighted by atomic mass is 16.6. The molecule has 0 bridgehead atoms. The van der Waals surface area contributed by atoms with Gasteiger partial charge in [-0.2, -0.15) is 0 Å². The fourth-order valence-electron chi connectivity index (χ4n) is 7.56. The average molecular weight is 793 g/mol. The van der Waals surface area contributed by atoms with Gasteiger partial charge >= 0.3 is 17.9 Å². The molecule has 0 aliphatic carbocycles. The molecule has 6 nitrogen and oxygen atoms in total. The van der Waals surface area contributed by atoms with Crippen LogP contribution in [0.1, 0.15) is 284 Å². The van der Waals surface area contributed by atoms with Gasteiger partial charge in [0.2, 0.25) is 0 Å². The molecule has 0 saturated heterocycles. The molecule has 1 unspecified atom stereocenters. The number of carbonyl (C=O) groups excluding carboxylic acids is 3. The molecule has 1 atom stereocenters. The zero-order chi connectivity index (χ0) is 40.8. The second-order valence-electron chi connectivity index (χ2n) is 17.1. The van der Waals surface area contributed by atoms with Gasteiger partial charge in [0, 0.05) is 19.3 Å². The van der Waals surface area contributed by atoms with Gasteiger partial charge in [0.1, 0.15) is 13.2 Å². The standard InChI is InChI=1S/C50H96O6/c1-4-7-10-13-15-17-19-20-21-22-23-24-25-26-27-28-29-30-31-33-34-37-40-43-49(52)55-46-47(45-54-48(51)42-39-36-12-9-6-3)56-50(53)44-41-38-35-32-18-16-14-11-8-5-2/h47H,4-46H2,1-3H3. The molecule has 0 heterocycles. The van der Waals surface area contributed by atoms with Crippen LogP contribution >= 0.6 is 0 Å². The van der Waals surface area contributed by atoms with E-state index in [4.69, 9.17) is 14.2 Å². The van der Waals surface area contributed by atoms with E-state index in [0.29, 0.717) is 19.3 Å². The number of rotatable bonds is 46. The molecule has 0 aliphatic heterocycles. The summed E-state index contributed by atoms with van der Waals surface area (Å²) in [5.74, 6) is -0.865. The molecule has 0 saturated carbocycles. The molecule has 0 aliphatic rings. The summed E-state index contributed by atoms with van der Waals surface area (Å²) in [5, 5.41) is 0. The lowest BCUT2D eigenvalue weighted by Crippen LogP contribution is -2.30. The minimum absolute atomic E-state index is 0.0637. The van der Waals surface area contributed by atoms with Gasteiger partial charge in [-0.1, -0.05) is 245 Å². The Balaban J connectivity index is 3.97. The lowest BCUT2D eigenvalue weighted by Gasteiger charge is -2.18. The Morgan fingerprint density at radius 3 is 0.714 bits per heavy atom. The highest BCUT2D eigenvalue weighted by Crippen LogP contribution is 2.17. The Morgan fingerprint density at radius 1 is 0.286 bits per heavy atom. The van der Waals surface area contributed by atoms with E-state index in [0.717, 1.165) is 64.2 Å². The first-order chi connectivity index (χ1) is 27.5. The molecular formula is C50H96O6. The molecule has 0 aromatic rings. The van der Waals surface area contributed by atoms with E-state index in [9.17, 15) is 14.4 Å². The van der Waals surface area contributed by atoms with Crippen LogP contribution in [0.5, 0.6) is 0 Å². The highest BCUT2D eigenvalue weighted by Gasteiger charge is 2.19. The fraction of sp³-hybridized carbons (Fsp3) is 0.940. The van der Waals surface area contributed by atoms with Crippen molar-refractivity contribution in [2.24, 2.45) is 0 Å². The van der Waals surface area contributed by atoms with Crippen molar-refractivity contribution in [3.05, 3.63) is 0 Å². The maximum absolute atomic E-state index is 12.6. The Labute approximate surface area is 348 Å². The molecule has 56 heavy (non-hydrogen) atoms. The van der Waals surface area contributed by atoms with Crippen LogP contribution in [0, 0.1) is 0 Å². The van der Waals surface area contributed by atoms with Gasteiger partial charge in [-0.25, -0.2) is 0 Å². The summed E-state index contributed by atoms with van der Waals surface area (Å²) >= 11 is 0. The lowest BCUT2D eigenvalue weighted by molar-refractivity contribution is -0.167. The van der Waals surface area contributed by atoms with Crippen molar-refractivity contribution < 1.29 is 28.6 Å². The zero-order valence-corrected chi connectivity index (χ0v) is 37.9. The van der Waals surface area contributed by atoms with E-state index in [1.165, 1.54) is 180 Å². The number of esters is 3. The first-order valence-corrected chi connectivity index (χ1v) is 25.0. The summed E-state index contributed by atoms with van der Waals surface area (Å²) in [6, 6.07) is 0. The van der Waals surface area contributed by atoms with Gasteiger partial charge in [0.05, 0.1) is 0 Å². The molecule has 6 heteroatoms. The molecule has 332 valence electrons. The van der Waals surface area contributed by atoms with E-state index in [2.05, 4.69) is 20.8 Å². The topological polar surface area (TPSA) is 78.9 Å². The van der Waals surface area contributed by atoms with Gasteiger partial charge in [-0.05, 0) is 19.3 Å². The number of hydrogen-bond donors (Lipinski definition) is 0. The van der Waals surface area contributed by atoms with Crippen molar-refractivity contribution in [1.29, 1.82) is 0 Å². The number of ether oxygens (including phenoxy) is 3. The van der Waals surface area contributed by atoms with Crippen LogP contribution in [0.3, 0.4) is 0 Å². The van der Waals surface area contributed by atoms with Gasteiger partial charge in [-0.15, -0.1) is 0 Å². The number of hydrogen-bond acceptors (Lipinski definition) is 6. The quantitative estimate of drug-likeness (QED) is 0.0347. The molecular weight excluding hydrogens is 697 g/mol. The lowest BCUT2D eigenvalue weighted by atomic mass is 10.0. The molecule has 0 radical (unpaired) electrons. The third-order valence-corrected chi connectivity index (χ3v) is 11.4. The van der Waals surface area contributed by atoms with Crippen molar-refractivity contribution >= 4 is 17.9 Å². The SMILES string of the molecule is CCCCCCCCCCCCCCCCCCCCCCCCCC(=O)OCC(COC(=O)CCCCCCC)OC(=O)CCCCCCCCCCCC. The van der Waals surface area contributed by atoms with Crippen LogP contribution in [-0.2, 0) is 28.6 Å². The monoisotopic (exact) mass is 793 g/mol. The van der Waals surface area contributed by atoms with Crippen LogP contribution in [0.15, 0.2) is 0 Å². The first-order valence-electron chi connectivity index (χ1n) is 25.0. The van der Waals surface area contributed by atoms with Gasteiger partial charge in [0.15, 0.2) is 6.10 Å². The highest BCUT2D eigenvalue weighted by molar-refractivity contribution is 5.71. The minimum Gasteiger partial charge on any atom is -0.462 e. The van der Waals surface area contributed by atoms with E-state index in [1.807, 2.05) is 0 Å². The Kier molecular flexibility index (Phi) is 44.8. The average Bonchev–Trinajstić information content (AvgIpc) is 3.19. The molecule has 0 aromatic carbocycles. The molecule has 0 spiro atoms. The van der Waals surface area contributed by atoms with Gasteiger partial charge < -0.3 is 14.2 Å². The Bertz CT molecular complexity index is 828. The molecule has 0 aromatic heterocycles. The van der Waals surface area contributed by atoms with E-state index in [1.54, 1.807) is 0 Å². The number of unbranched alkanes of at least 4 members (excludes halogenated alkanes) is 35. The maximum atomic E-state index is 12.6. The van der Waals surface area contributed by atoms with Gasteiger partial charge in [-0.3, -0.25) is 14.4 Å². The van der Waals surface area contributed by atoms with Crippen molar-refractivity contribution in [2.75, 3.05) is 13.2 Å². The fourth-order valence-corrected chi connectivity index (χ4v) is 7.56. The predicted octanol–water partition coefficient (Wildman–Crippen LogP) is 16.0.